The molecule has 1 heterocycles. The van der Waals surface area contributed by atoms with Gasteiger partial charge in [0.25, 0.3) is 0 Å². The zero-order valence-corrected chi connectivity index (χ0v) is 9.76. The Balaban J connectivity index is 2.17. The second kappa shape index (κ2) is 6.99. The van der Waals surface area contributed by atoms with Gasteiger partial charge in [0.1, 0.15) is 0 Å². The van der Waals surface area contributed by atoms with Gasteiger partial charge in [-0.25, -0.2) is 0 Å². The first-order chi connectivity index (χ1) is 7.74. The van der Waals surface area contributed by atoms with Crippen molar-refractivity contribution in [3.05, 3.63) is 27.1 Å². The van der Waals surface area contributed by atoms with Gasteiger partial charge in [-0.3, -0.25) is 10.1 Å². The third kappa shape index (κ3) is 4.43. The minimum absolute atomic E-state index is 0.198. The molecule has 0 saturated heterocycles. The van der Waals surface area contributed by atoms with Crippen molar-refractivity contribution >= 4 is 16.3 Å². The van der Waals surface area contributed by atoms with E-state index in [1.807, 2.05) is 0 Å². The predicted octanol–water partition coefficient (Wildman–Crippen LogP) is 2.55. The van der Waals surface area contributed by atoms with E-state index in [9.17, 15) is 10.1 Å². The molecule has 0 fully saturated rings. The summed E-state index contributed by atoms with van der Waals surface area (Å²) in [7, 11) is 0. The summed E-state index contributed by atoms with van der Waals surface area (Å²) in [5.41, 5.74) is 0. The lowest BCUT2D eigenvalue weighted by Gasteiger charge is -2.00. The van der Waals surface area contributed by atoms with E-state index in [0.717, 1.165) is 30.7 Å². The van der Waals surface area contributed by atoms with Crippen molar-refractivity contribution < 1.29 is 4.92 Å². The van der Waals surface area contributed by atoms with Crippen LogP contribution in [0, 0.1) is 22.5 Å². The number of hydrogen-bond acceptors (Lipinski definition) is 4. The summed E-state index contributed by atoms with van der Waals surface area (Å²) in [6.07, 6.45) is 8.01. The van der Waals surface area contributed by atoms with Gasteiger partial charge in [-0.2, -0.15) is 0 Å². The van der Waals surface area contributed by atoms with E-state index < -0.39 is 0 Å². The Morgan fingerprint density at radius 1 is 1.50 bits per heavy atom. The third-order valence-corrected chi connectivity index (χ3v) is 3.09. The van der Waals surface area contributed by atoms with Crippen molar-refractivity contribution in [1.82, 2.24) is 5.32 Å². The fourth-order valence-corrected chi connectivity index (χ4v) is 2.04. The molecular formula is C11H14N2O2S. The molecule has 0 spiro atoms. The second-order valence-electron chi connectivity index (χ2n) is 3.34. The number of hydrogen-bond donors (Lipinski definition) is 1. The molecule has 16 heavy (non-hydrogen) atoms. The van der Waals surface area contributed by atoms with Crippen molar-refractivity contribution in [2.24, 2.45) is 0 Å². The molecular weight excluding hydrogens is 224 g/mol. The van der Waals surface area contributed by atoms with Gasteiger partial charge < -0.3 is 5.32 Å². The highest BCUT2D eigenvalue weighted by Gasteiger charge is 2.08. The van der Waals surface area contributed by atoms with Crippen LogP contribution in [0.4, 0.5) is 5.00 Å². The molecule has 0 aliphatic carbocycles. The number of thiophene rings is 1. The molecule has 0 atom stereocenters. The van der Waals surface area contributed by atoms with E-state index in [4.69, 9.17) is 6.42 Å². The standard InChI is InChI=1S/C11H14N2O2S/c1-2-3-4-5-8-12-9-10-6-7-11(16-10)13(14)15/h1,6-7,12H,3-5,8-9H2. The van der Waals surface area contributed by atoms with Crippen molar-refractivity contribution in [1.29, 1.82) is 0 Å². The molecule has 1 aromatic heterocycles. The molecule has 1 aromatic rings. The second-order valence-corrected chi connectivity index (χ2v) is 4.48. The summed E-state index contributed by atoms with van der Waals surface area (Å²) in [4.78, 5) is 11.1. The maximum atomic E-state index is 10.4. The van der Waals surface area contributed by atoms with Crippen LogP contribution in [0.3, 0.4) is 0 Å². The highest BCUT2D eigenvalue weighted by Crippen LogP contribution is 2.23. The topological polar surface area (TPSA) is 55.2 Å². The summed E-state index contributed by atoms with van der Waals surface area (Å²) in [6, 6.07) is 3.33. The lowest BCUT2D eigenvalue weighted by Crippen LogP contribution is -2.13. The molecule has 4 nitrogen and oxygen atoms in total. The summed E-state index contributed by atoms with van der Waals surface area (Å²) in [5, 5.41) is 13.9. The summed E-state index contributed by atoms with van der Waals surface area (Å²) >= 11 is 1.22. The highest BCUT2D eigenvalue weighted by molar-refractivity contribution is 7.15. The smallest absolute Gasteiger partial charge is 0.312 e. The molecule has 0 aliphatic rings. The van der Waals surface area contributed by atoms with Crippen molar-refractivity contribution in [2.45, 2.75) is 25.8 Å². The van der Waals surface area contributed by atoms with E-state index in [2.05, 4.69) is 11.2 Å². The van der Waals surface area contributed by atoms with Crippen LogP contribution in [0.5, 0.6) is 0 Å². The Morgan fingerprint density at radius 3 is 2.94 bits per heavy atom. The number of nitrogens with one attached hydrogen (secondary N) is 1. The highest BCUT2D eigenvalue weighted by atomic mass is 32.1. The zero-order chi connectivity index (χ0) is 11.8. The van der Waals surface area contributed by atoms with E-state index >= 15 is 0 Å². The van der Waals surface area contributed by atoms with Crippen LogP contribution in [0.15, 0.2) is 12.1 Å². The van der Waals surface area contributed by atoms with Crippen LogP contribution < -0.4 is 5.32 Å². The van der Waals surface area contributed by atoms with Gasteiger partial charge in [-0.15, -0.1) is 12.3 Å². The minimum Gasteiger partial charge on any atom is -0.312 e. The van der Waals surface area contributed by atoms with Crippen LogP contribution in [0.2, 0.25) is 0 Å². The average Bonchev–Trinajstić information content (AvgIpc) is 2.72. The minimum atomic E-state index is -0.360. The van der Waals surface area contributed by atoms with Crippen LogP contribution >= 0.6 is 11.3 Å². The first-order valence-electron chi connectivity index (χ1n) is 5.11. The van der Waals surface area contributed by atoms with Gasteiger partial charge in [0.2, 0.25) is 0 Å². The van der Waals surface area contributed by atoms with Gasteiger partial charge in [0.15, 0.2) is 0 Å². The van der Waals surface area contributed by atoms with E-state index in [-0.39, 0.29) is 9.92 Å². The maximum Gasteiger partial charge on any atom is 0.324 e. The SMILES string of the molecule is C#CCCCCNCc1ccc([N+](=O)[O-])s1. The molecule has 0 aliphatic heterocycles. The number of nitrogens with zero attached hydrogens (tertiary/aromatic N) is 1. The first kappa shape index (κ1) is 12.7. The molecule has 0 radical (unpaired) electrons. The van der Waals surface area contributed by atoms with Gasteiger partial charge in [-0.1, -0.05) is 11.3 Å². The maximum absolute atomic E-state index is 10.4. The van der Waals surface area contributed by atoms with Crippen molar-refractivity contribution in [3.63, 3.8) is 0 Å². The number of unbranched alkanes of at least 4 members (excludes halogenated alkanes) is 2. The lowest BCUT2D eigenvalue weighted by atomic mass is 10.2. The molecule has 1 rings (SSSR count). The Labute approximate surface area is 98.8 Å². The van der Waals surface area contributed by atoms with Crippen molar-refractivity contribution in [2.75, 3.05) is 6.54 Å². The van der Waals surface area contributed by atoms with E-state index in [1.54, 1.807) is 12.1 Å². The predicted molar refractivity (Wildman–Crippen MR) is 65.4 cm³/mol. The molecule has 0 bridgehead atoms. The number of nitro groups is 1. The molecule has 86 valence electrons. The Morgan fingerprint density at radius 2 is 2.31 bits per heavy atom. The van der Waals surface area contributed by atoms with Gasteiger partial charge in [0, 0.05) is 23.9 Å². The third-order valence-electron chi connectivity index (χ3n) is 2.05. The van der Waals surface area contributed by atoms with E-state index in [0.29, 0.717) is 6.54 Å². The number of rotatable bonds is 7. The number of terminal acetylenes is 1. The fraction of sp³-hybridized carbons (Fsp3) is 0.455. The van der Waals surface area contributed by atoms with E-state index in [1.165, 1.54) is 11.3 Å². The summed E-state index contributed by atoms with van der Waals surface area (Å²) in [5.74, 6) is 2.59. The fourth-order valence-electron chi connectivity index (χ4n) is 1.25. The molecule has 0 saturated carbocycles. The van der Waals surface area contributed by atoms with Crippen LogP contribution in [-0.2, 0) is 6.54 Å². The normalized spacial score (nSPS) is 9.94. The van der Waals surface area contributed by atoms with Gasteiger partial charge in [0.05, 0.1) is 4.92 Å². The summed E-state index contributed by atoms with van der Waals surface area (Å²) in [6.45, 7) is 1.59. The Hall–Kier alpha value is -1.38. The molecule has 1 N–H and O–H groups in total. The molecule has 0 unspecified atom stereocenters. The molecule has 0 amide bonds. The largest absolute Gasteiger partial charge is 0.324 e. The lowest BCUT2D eigenvalue weighted by molar-refractivity contribution is -0.380. The first-order valence-corrected chi connectivity index (χ1v) is 5.93. The molecule has 5 heteroatoms. The van der Waals surface area contributed by atoms with Crippen LogP contribution in [0.1, 0.15) is 24.1 Å². The van der Waals surface area contributed by atoms with Crippen molar-refractivity contribution in [3.8, 4) is 12.3 Å². The van der Waals surface area contributed by atoms with Crippen LogP contribution in [0.25, 0.3) is 0 Å². The zero-order valence-electron chi connectivity index (χ0n) is 8.94. The monoisotopic (exact) mass is 238 g/mol. The average molecular weight is 238 g/mol. The van der Waals surface area contributed by atoms with Crippen LogP contribution in [-0.4, -0.2) is 11.5 Å². The van der Waals surface area contributed by atoms with Gasteiger partial charge >= 0.3 is 5.00 Å². The Kier molecular flexibility index (Phi) is 5.54. The molecule has 0 aromatic carbocycles. The quantitative estimate of drug-likeness (QED) is 0.344. The summed E-state index contributed by atoms with van der Waals surface area (Å²) < 4.78 is 0. The Bertz CT molecular complexity index is 382. The van der Waals surface area contributed by atoms with Gasteiger partial charge in [-0.05, 0) is 25.5 Å².